The van der Waals surface area contributed by atoms with E-state index in [1.54, 1.807) is 0 Å². The minimum atomic E-state index is -0.0435. The third-order valence-electron chi connectivity index (χ3n) is 3.17. The Morgan fingerprint density at radius 2 is 2.19 bits per heavy atom. The van der Waals surface area contributed by atoms with Crippen molar-refractivity contribution in [1.29, 1.82) is 0 Å². The van der Waals surface area contributed by atoms with Crippen molar-refractivity contribution in [3.05, 3.63) is 22.5 Å². The van der Waals surface area contributed by atoms with Gasteiger partial charge in [0.25, 0.3) is 0 Å². The highest BCUT2D eigenvalue weighted by Crippen LogP contribution is 2.34. The number of nitrogens with one attached hydrogen (secondary N) is 2. The van der Waals surface area contributed by atoms with Gasteiger partial charge in [0.05, 0.1) is 0 Å². The zero-order valence-electron chi connectivity index (χ0n) is 9.26. The fraction of sp³-hybridized carbons (Fsp3) is 0.455. The number of H-pyrrole nitrogens is 1. The average Bonchev–Trinajstić information content (AvgIpc) is 2.56. The minimum Gasteiger partial charge on any atom is -0.341 e. The van der Waals surface area contributed by atoms with Crippen molar-refractivity contribution in [3.8, 4) is 0 Å². The van der Waals surface area contributed by atoms with Crippen LogP contribution in [0.25, 0.3) is 11.0 Å². The lowest BCUT2D eigenvalue weighted by Crippen LogP contribution is -2.42. The van der Waals surface area contributed by atoms with Crippen molar-refractivity contribution in [2.24, 2.45) is 0 Å². The van der Waals surface area contributed by atoms with Gasteiger partial charge in [0.2, 0.25) is 0 Å². The average molecular weight is 237 g/mol. The van der Waals surface area contributed by atoms with E-state index < -0.39 is 0 Å². The van der Waals surface area contributed by atoms with E-state index in [-0.39, 0.29) is 5.54 Å². The predicted molar refractivity (Wildman–Crippen MR) is 63.6 cm³/mol. The Kier molecular flexibility index (Phi) is 2.00. The van der Waals surface area contributed by atoms with Gasteiger partial charge in [0, 0.05) is 35.1 Å². The first kappa shape index (κ1) is 10.1. The SMILES string of the molecule is CC1(C)NCCc2[nH]c3nnc(Cl)cc3c21. The van der Waals surface area contributed by atoms with Gasteiger partial charge in [-0.05, 0) is 19.9 Å². The summed E-state index contributed by atoms with van der Waals surface area (Å²) in [5.41, 5.74) is 3.30. The first-order chi connectivity index (χ1) is 7.58. The van der Waals surface area contributed by atoms with E-state index in [1.165, 1.54) is 11.3 Å². The molecule has 0 amide bonds. The van der Waals surface area contributed by atoms with Crippen LogP contribution < -0.4 is 5.32 Å². The first-order valence-electron chi connectivity index (χ1n) is 5.37. The second kappa shape index (κ2) is 3.18. The Bertz CT molecular complexity index is 558. The summed E-state index contributed by atoms with van der Waals surface area (Å²) in [5.74, 6) is 0. The normalized spacial score (nSPS) is 18.7. The first-order valence-corrected chi connectivity index (χ1v) is 5.75. The third-order valence-corrected chi connectivity index (χ3v) is 3.36. The standard InChI is InChI=1S/C11H13ClN4/c1-11(2)9-6-5-8(12)15-16-10(6)14-7(9)3-4-13-11/h5,13H,3-4H2,1-2H3,(H,14,16). The molecule has 0 saturated carbocycles. The van der Waals surface area contributed by atoms with Crippen LogP contribution in [0.1, 0.15) is 25.1 Å². The Morgan fingerprint density at radius 1 is 1.38 bits per heavy atom. The molecular weight excluding hydrogens is 224 g/mol. The van der Waals surface area contributed by atoms with Crippen LogP contribution in [0, 0.1) is 0 Å². The van der Waals surface area contributed by atoms with Crippen molar-refractivity contribution < 1.29 is 0 Å². The van der Waals surface area contributed by atoms with Gasteiger partial charge in [-0.25, -0.2) is 0 Å². The second-order valence-electron chi connectivity index (χ2n) is 4.71. The zero-order valence-corrected chi connectivity index (χ0v) is 10.0. The maximum atomic E-state index is 5.90. The molecule has 0 bridgehead atoms. The van der Waals surface area contributed by atoms with Crippen LogP contribution in [-0.4, -0.2) is 21.7 Å². The molecule has 4 nitrogen and oxygen atoms in total. The topological polar surface area (TPSA) is 53.6 Å². The van der Waals surface area contributed by atoms with Gasteiger partial charge in [-0.2, -0.15) is 0 Å². The fourth-order valence-electron chi connectivity index (χ4n) is 2.51. The lowest BCUT2D eigenvalue weighted by Gasteiger charge is -2.31. The van der Waals surface area contributed by atoms with Crippen LogP contribution in [-0.2, 0) is 12.0 Å². The highest BCUT2D eigenvalue weighted by atomic mass is 35.5. The van der Waals surface area contributed by atoms with E-state index in [0.29, 0.717) is 5.15 Å². The summed E-state index contributed by atoms with van der Waals surface area (Å²) in [6, 6.07) is 1.88. The largest absolute Gasteiger partial charge is 0.341 e. The van der Waals surface area contributed by atoms with Crippen LogP contribution in [0.3, 0.4) is 0 Å². The molecule has 1 aliphatic rings. The second-order valence-corrected chi connectivity index (χ2v) is 5.10. The molecule has 2 N–H and O–H groups in total. The molecule has 0 atom stereocenters. The number of nitrogens with zero attached hydrogens (tertiary/aromatic N) is 2. The number of rotatable bonds is 0. The summed E-state index contributed by atoms with van der Waals surface area (Å²) in [6.07, 6.45) is 0.993. The van der Waals surface area contributed by atoms with E-state index in [1.807, 2.05) is 6.07 Å². The summed E-state index contributed by atoms with van der Waals surface area (Å²) in [4.78, 5) is 3.33. The molecule has 2 aromatic heterocycles. The fourth-order valence-corrected chi connectivity index (χ4v) is 2.66. The molecule has 3 heterocycles. The van der Waals surface area contributed by atoms with E-state index in [0.717, 1.165) is 24.0 Å². The van der Waals surface area contributed by atoms with Crippen molar-refractivity contribution in [2.45, 2.75) is 25.8 Å². The van der Waals surface area contributed by atoms with E-state index in [9.17, 15) is 0 Å². The summed E-state index contributed by atoms with van der Waals surface area (Å²) in [6.45, 7) is 5.33. The summed E-state index contributed by atoms with van der Waals surface area (Å²) in [7, 11) is 0. The molecule has 0 aliphatic carbocycles. The molecule has 0 radical (unpaired) electrons. The van der Waals surface area contributed by atoms with Crippen molar-refractivity contribution in [3.63, 3.8) is 0 Å². The molecule has 3 rings (SSSR count). The number of aromatic amines is 1. The van der Waals surface area contributed by atoms with Gasteiger partial charge in [-0.15, -0.1) is 10.2 Å². The molecule has 0 spiro atoms. The van der Waals surface area contributed by atoms with Crippen LogP contribution in [0.15, 0.2) is 6.07 Å². The Balaban J connectivity index is 2.37. The third kappa shape index (κ3) is 1.33. The highest BCUT2D eigenvalue weighted by Gasteiger charge is 2.31. The minimum absolute atomic E-state index is 0.0435. The van der Waals surface area contributed by atoms with Gasteiger partial charge < -0.3 is 10.3 Å². The molecule has 5 heteroatoms. The number of hydrogen-bond donors (Lipinski definition) is 2. The Hall–Kier alpha value is -1.13. The molecule has 0 unspecified atom stereocenters. The molecule has 0 aromatic carbocycles. The van der Waals surface area contributed by atoms with Crippen molar-refractivity contribution >= 4 is 22.6 Å². The molecule has 0 saturated heterocycles. The monoisotopic (exact) mass is 236 g/mol. The molecular formula is C11H13ClN4. The van der Waals surface area contributed by atoms with Crippen LogP contribution in [0.4, 0.5) is 0 Å². The van der Waals surface area contributed by atoms with E-state index in [2.05, 4.69) is 34.3 Å². The van der Waals surface area contributed by atoms with E-state index >= 15 is 0 Å². The number of hydrogen-bond acceptors (Lipinski definition) is 3. The quantitative estimate of drug-likeness (QED) is 0.736. The smallest absolute Gasteiger partial charge is 0.160 e. The van der Waals surface area contributed by atoms with E-state index in [4.69, 9.17) is 11.6 Å². The maximum absolute atomic E-state index is 5.90. The van der Waals surface area contributed by atoms with Crippen LogP contribution in [0.2, 0.25) is 5.15 Å². The summed E-state index contributed by atoms with van der Waals surface area (Å²) < 4.78 is 0. The van der Waals surface area contributed by atoms with Gasteiger partial charge in [-0.1, -0.05) is 11.6 Å². The van der Waals surface area contributed by atoms with Gasteiger partial charge in [0.15, 0.2) is 10.8 Å². The number of aromatic nitrogens is 3. The lowest BCUT2D eigenvalue weighted by molar-refractivity contribution is 0.384. The zero-order chi connectivity index (χ0) is 11.3. The summed E-state index contributed by atoms with van der Waals surface area (Å²) >= 11 is 5.90. The molecule has 2 aromatic rings. The molecule has 1 aliphatic heterocycles. The highest BCUT2D eigenvalue weighted by molar-refractivity contribution is 6.29. The molecule has 84 valence electrons. The summed E-state index contributed by atoms with van der Waals surface area (Å²) in [5, 5.41) is 13.0. The molecule has 0 fully saturated rings. The van der Waals surface area contributed by atoms with Crippen LogP contribution >= 0.6 is 11.6 Å². The maximum Gasteiger partial charge on any atom is 0.160 e. The van der Waals surface area contributed by atoms with Crippen molar-refractivity contribution in [2.75, 3.05) is 6.54 Å². The molecule has 16 heavy (non-hydrogen) atoms. The number of fused-ring (bicyclic) bond motifs is 3. The Morgan fingerprint density at radius 3 is 3.00 bits per heavy atom. The van der Waals surface area contributed by atoms with Gasteiger partial charge in [-0.3, -0.25) is 0 Å². The predicted octanol–water partition coefficient (Wildman–Crippen LogP) is 1.99. The van der Waals surface area contributed by atoms with Crippen LogP contribution in [0.5, 0.6) is 0 Å². The van der Waals surface area contributed by atoms with Gasteiger partial charge >= 0.3 is 0 Å². The van der Waals surface area contributed by atoms with Crippen molar-refractivity contribution in [1.82, 2.24) is 20.5 Å². The Labute approximate surface area is 98.4 Å². The van der Waals surface area contributed by atoms with Gasteiger partial charge in [0.1, 0.15) is 0 Å². The lowest BCUT2D eigenvalue weighted by atomic mass is 9.88. The number of halogens is 1.